The van der Waals surface area contributed by atoms with Crippen LogP contribution in [-0.4, -0.2) is 10.2 Å². The highest BCUT2D eigenvalue weighted by Crippen LogP contribution is 2.25. The number of halogens is 2. The Morgan fingerprint density at radius 3 is 2.22 bits per heavy atom. The quantitative estimate of drug-likeness (QED) is 0.640. The van der Waals surface area contributed by atoms with Crippen molar-refractivity contribution in [3.63, 3.8) is 0 Å². The molecule has 0 radical (unpaired) electrons. The van der Waals surface area contributed by atoms with Crippen LogP contribution < -0.4 is 5.73 Å². The third-order valence-electron chi connectivity index (χ3n) is 0.924. The van der Waals surface area contributed by atoms with E-state index in [1.807, 2.05) is 6.92 Å². The Morgan fingerprint density at radius 1 is 1.67 bits per heavy atom. The van der Waals surface area contributed by atoms with Gasteiger partial charge in [0.25, 0.3) is 5.91 Å². The zero-order valence-electron chi connectivity index (χ0n) is 5.16. The predicted molar refractivity (Wildman–Crippen MR) is 38.5 cm³/mol. The molecule has 0 aliphatic heterocycles. The number of amides is 1. The molecule has 0 aromatic carbocycles. The molecule has 0 aliphatic rings. The van der Waals surface area contributed by atoms with Crippen molar-refractivity contribution in [2.75, 3.05) is 0 Å². The maximum Gasteiger partial charge on any atom is 0.253 e. The van der Waals surface area contributed by atoms with E-state index in [1.165, 1.54) is 0 Å². The Labute approximate surface area is 64.3 Å². The van der Waals surface area contributed by atoms with E-state index in [0.29, 0.717) is 6.42 Å². The number of nitrogens with two attached hydrogens (primary N) is 1. The number of primary amides is 1. The van der Waals surface area contributed by atoms with Crippen LogP contribution in [0.2, 0.25) is 0 Å². The zero-order chi connectivity index (χ0) is 7.49. The van der Waals surface area contributed by atoms with Crippen LogP contribution in [0.1, 0.15) is 19.8 Å². The van der Waals surface area contributed by atoms with E-state index >= 15 is 0 Å². The van der Waals surface area contributed by atoms with Crippen LogP contribution in [0.5, 0.6) is 0 Å². The molecule has 0 saturated heterocycles. The molecule has 0 bridgehead atoms. The fourth-order valence-corrected chi connectivity index (χ4v) is 0.815. The van der Waals surface area contributed by atoms with Gasteiger partial charge in [-0.1, -0.05) is 36.5 Å². The van der Waals surface area contributed by atoms with Gasteiger partial charge in [-0.25, -0.2) is 0 Å². The minimum atomic E-state index is -1.37. The molecule has 2 N–H and O–H groups in total. The standard InChI is InChI=1S/C5H9Cl2NO/c1-2-3-5(6,7)4(8)9/h2-3H2,1H3,(H2,8,9). The third kappa shape index (κ3) is 2.92. The predicted octanol–water partition coefficient (Wildman–Crippen LogP) is 1.45. The summed E-state index contributed by atoms with van der Waals surface area (Å²) in [6.07, 6.45) is 1.15. The summed E-state index contributed by atoms with van der Waals surface area (Å²) in [5, 5.41) is 0. The minimum Gasteiger partial charge on any atom is -0.367 e. The Bertz CT molecular complexity index is 114. The maximum atomic E-state index is 10.4. The number of alkyl halides is 2. The van der Waals surface area contributed by atoms with Crippen molar-refractivity contribution in [3.05, 3.63) is 0 Å². The van der Waals surface area contributed by atoms with Gasteiger partial charge in [-0.2, -0.15) is 0 Å². The van der Waals surface area contributed by atoms with Gasteiger partial charge in [0, 0.05) is 0 Å². The summed E-state index contributed by atoms with van der Waals surface area (Å²) in [7, 11) is 0. The average Bonchev–Trinajstić information content (AvgIpc) is 1.65. The van der Waals surface area contributed by atoms with Crippen LogP contribution >= 0.6 is 23.2 Å². The molecule has 0 unspecified atom stereocenters. The Kier molecular flexibility index (Phi) is 3.30. The molecule has 0 spiro atoms. The van der Waals surface area contributed by atoms with Gasteiger partial charge in [-0.05, 0) is 6.42 Å². The molecule has 54 valence electrons. The van der Waals surface area contributed by atoms with E-state index in [1.54, 1.807) is 0 Å². The van der Waals surface area contributed by atoms with E-state index in [-0.39, 0.29) is 0 Å². The molecule has 0 atom stereocenters. The Balaban J connectivity index is 3.85. The number of carbonyl (C=O) groups is 1. The van der Waals surface area contributed by atoms with Gasteiger partial charge in [0.2, 0.25) is 0 Å². The lowest BCUT2D eigenvalue weighted by Gasteiger charge is -2.12. The minimum absolute atomic E-state index is 0.408. The monoisotopic (exact) mass is 169 g/mol. The van der Waals surface area contributed by atoms with Crippen molar-refractivity contribution in [1.29, 1.82) is 0 Å². The van der Waals surface area contributed by atoms with E-state index in [2.05, 4.69) is 0 Å². The van der Waals surface area contributed by atoms with Gasteiger partial charge in [-0.3, -0.25) is 4.79 Å². The highest BCUT2D eigenvalue weighted by Gasteiger charge is 2.29. The van der Waals surface area contributed by atoms with Crippen molar-refractivity contribution in [2.45, 2.75) is 24.1 Å². The van der Waals surface area contributed by atoms with Crippen LogP contribution in [-0.2, 0) is 4.79 Å². The van der Waals surface area contributed by atoms with E-state index in [0.717, 1.165) is 6.42 Å². The topological polar surface area (TPSA) is 43.1 Å². The summed E-state index contributed by atoms with van der Waals surface area (Å²) in [5.41, 5.74) is 4.85. The maximum absolute atomic E-state index is 10.4. The van der Waals surface area contributed by atoms with Gasteiger partial charge in [-0.15, -0.1) is 0 Å². The van der Waals surface area contributed by atoms with Crippen LogP contribution in [0, 0.1) is 0 Å². The van der Waals surface area contributed by atoms with Crippen molar-refractivity contribution < 1.29 is 4.79 Å². The lowest BCUT2D eigenvalue weighted by atomic mass is 10.2. The smallest absolute Gasteiger partial charge is 0.253 e. The summed E-state index contributed by atoms with van der Waals surface area (Å²) in [4.78, 5) is 10.4. The summed E-state index contributed by atoms with van der Waals surface area (Å²) >= 11 is 10.9. The van der Waals surface area contributed by atoms with Gasteiger partial charge < -0.3 is 5.73 Å². The van der Waals surface area contributed by atoms with Crippen LogP contribution in [0.3, 0.4) is 0 Å². The molecule has 0 rings (SSSR count). The Morgan fingerprint density at radius 2 is 2.11 bits per heavy atom. The van der Waals surface area contributed by atoms with Gasteiger partial charge in [0.15, 0.2) is 4.33 Å². The van der Waals surface area contributed by atoms with E-state index < -0.39 is 10.2 Å². The van der Waals surface area contributed by atoms with Crippen molar-refractivity contribution in [2.24, 2.45) is 5.73 Å². The molecular weight excluding hydrogens is 161 g/mol. The normalized spacial score (nSPS) is 11.4. The fraction of sp³-hybridized carbons (Fsp3) is 0.800. The summed E-state index contributed by atoms with van der Waals surface area (Å²) in [6, 6.07) is 0. The highest BCUT2D eigenvalue weighted by atomic mass is 35.5. The number of carbonyl (C=O) groups excluding carboxylic acids is 1. The lowest BCUT2D eigenvalue weighted by Crippen LogP contribution is -2.32. The lowest BCUT2D eigenvalue weighted by molar-refractivity contribution is -0.118. The van der Waals surface area contributed by atoms with Crippen LogP contribution in [0.15, 0.2) is 0 Å². The molecule has 0 saturated carbocycles. The molecule has 0 aromatic heterocycles. The SMILES string of the molecule is CCCC(Cl)(Cl)C(N)=O. The second-order valence-corrected chi connectivity index (χ2v) is 3.30. The molecule has 1 amide bonds. The van der Waals surface area contributed by atoms with Gasteiger partial charge in [0.1, 0.15) is 0 Å². The highest BCUT2D eigenvalue weighted by molar-refractivity contribution is 6.57. The van der Waals surface area contributed by atoms with Gasteiger partial charge >= 0.3 is 0 Å². The first-order valence-electron chi connectivity index (χ1n) is 2.68. The zero-order valence-corrected chi connectivity index (χ0v) is 6.67. The number of hydrogen-bond acceptors (Lipinski definition) is 1. The Hall–Kier alpha value is 0.0500. The fourth-order valence-electron chi connectivity index (χ4n) is 0.437. The van der Waals surface area contributed by atoms with Crippen LogP contribution in [0.4, 0.5) is 0 Å². The molecular formula is C5H9Cl2NO. The van der Waals surface area contributed by atoms with E-state index in [4.69, 9.17) is 28.9 Å². The first kappa shape index (κ1) is 9.05. The van der Waals surface area contributed by atoms with Gasteiger partial charge in [0.05, 0.1) is 0 Å². The second kappa shape index (κ2) is 3.28. The number of rotatable bonds is 3. The third-order valence-corrected chi connectivity index (χ3v) is 1.67. The summed E-state index contributed by atoms with van der Waals surface area (Å²) in [5.74, 6) is -0.673. The molecule has 2 nitrogen and oxygen atoms in total. The van der Waals surface area contributed by atoms with Crippen molar-refractivity contribution >= 4 is 29.1 Å². The van der Waals surface area contributed by atoms with Crippen molar-refractivity contribution in [1.82, 2.24) is 0 Å². The summed E-state index contributed by atoms with van der Waals surface area (Å²) in [6.45, 7) is 1.88. The second-order valence-electron chi connectivity index (χ2n) is 1.82. The molecule has 9 heavy (non-hydrogen) atoms. The molecule has 0 fully saturated rings. The number of hydrogen-bond donors (Lipinski definition) is 1. The summed E-state index contributed by atoms with van der Waals surface area (Å²) < 4.78 is -1.37. The average molecular weight is 170 g/mol. The first-order valence-corrected chi connectivity index (χ1v) is 3.44. The van der Waals surface area contributed by atoms with Crippen LogP contribution in [0.25, 0.3) is 0 Å². The molecule has 0 aliphatic carbocycles. The van der Waals surface area contributed by atoms with Crippen molar-refractivity contribution in [3.8, 4) is 0 Å². The largest absolute Gasteiger partial charge is 0.367 e. The van der Waals surface area contributed by atoms with E-state index in [9.17, 15) is 4.79 Å². The molecule has 0 aromatic rings. The first-order chi connectivity index (χ1) is 4.00. The molecule has 0 heterocycles. The molecule has 4 heteroatoms.